The van der Waals surface area contributed by atoms with Crippen LogP contribution in [0.3, 0.4) is 0 Å². The molecule has 0 radical (unpaired) electrons. The Labute approximate surface area is 133 Å². The van der Waals surface area contributed by atoms with Crippen LogP contribution in [-0.2, 0) is 21.7 Å². The van der Waals surface area contributed by atoms with Crippen molar-refractivity contribution < 1.29 is 13.9 Å². The number of H-pyrrole nitrogens is 1. The van der Waals surface area contributed by atoms with Gasteiger partial charge in [-0.15, -0.1) is 0 Å². The number of aromatic nitrogens is 3. The van der Waals surface area contributed by atoms with Gasteiger partial charge in [0.2, 0.25) is 5.79 Å². The van der Waals surface area contributed by atoms with Crippen molar-refractivity contribution in [3.05, 3.63) is 48.2 Å². The Balaban J connectivity index is 1.78. The summed E-state index contributed by atoms with van der Waals surface area (Å²) < 4.78 is 18.6. The molecule has 3 aromatic rings. The maximum Gasteiger partial charge on any atom is 0.236 e. The van der Waals surface area contributed by atoms with Gasteiger partial charge >= 0.3 is 0 Å². The summed E-state index contributed by atoms with van der Waals surface area (Å²) in [6.07, 6.45) is 2.78. The fraction of sp³-hybridized carbons (Fsp3) is 0.412. The van der Waals surface area contributed by atoms with Gasteiger partial charge in [0.05, 0.1) is 18.6 Å². The number of hydrogen-bond donors (Lipinski definition) is 1. The Morgan fingerprint density at radius 1 is 1.26 bits per heavy atom. The molecule has 6 heteroatoms. The van der Waals surface area contributed by atoms with Gasteiger partial charge in [0, 0.05) is 5.39 Å². The predicted octanol–water partition coefficient (Wildman–Crippen LogP) is 3.16. The molecule has 2 aromatic heterocycles. The van der Waals surface area contributed by atoms with Crippen LogP contribution < -0.4 is 0 Å². The van der Waals surface area contributed by atoms with Crippen molar-refractivity contribution >= 4 is 11.0 Å². The van der Waals surface area contributed by atoms with Crippen molar-refractivity contribution in [2.45, 2.75) is 44.7 Å². The summed E-state index contributed by atoms with van der Waals surface area (Å²) in [6, 6.07) is 9.87. The SMILES string of the molecule is CCC1OC(Cc2ncn[nH]2)(c2cc3ccccc3o2)OC1C. The molecule has 120 valence electrons. The fourth-order valence-corrected chi connectivity index (χ4v) is 3.15. The van der Waals surface area contributed by atoms with Crippen LogP contribution in [0.2, 0.25) is 0 Å². The van der Waals surface area contributed by atoms with Crippen molar-refractivity contribution in [3.8, 4) is 0 Å². The largest absolute Gasteiger partial charge is 0.455 e. The van der Waals surface area contributed by atoms with Crippen LogP contribution in [0, 0.1) is 0 Å². The highest BCUT2D eigenvalue weighted by Crippen LogP contribution is 2.42. The van der Waals surface area contributed by atoms with Gasteiger partial charge in [-0.25, -0.2) is 4.98 Å². The van der Waals surface area contributed by atoms with Crippen molar-refractivity contribution in [2.24, 2.45) is 0 Å². The lowest BCUT2D eigenvalue weighted by atomic mass is 10.1. The molecule has 0 amide bonds. The third-order valence-corrected chi connectivity index (χ3v) is 4.31. The molecule has 0 aliphatic carbocycles. The molecule has 1 N–H and O–H groups in total. The second kappa shape index (κ2) is 5.47. The normalized spacial score (nSPS) is 27.7. The second-order valence-corrected chi connectivity index (χ2v) is 5.90. The lowest BCUT2D eigenvalue weighted by molar-refractivity contribution is -0.194. The number of benzene rings is 1. The highest BCUT2D eigenvalue weighted by atomic mass is 16.8. The first-order chi connectivity index (χ1) is 11.2. The van der Waals surface area contributed by atoms with Gasteiger partial charge in [0.25, 0.3) is 0 Å². The van der Waals surface area contributed by atoms with Gasteiger partial charge < -0.3 is 13.9 Å². The predicted molar refractivity (Wildman–Crippen MR) is 83.7 cm³/mol. The molecule has 4 rings (SSSR count). The van der Waals surface area contributed by atoms with Crippen LogP contribution in [0.4, 0.5) is 0 Å². The Morgan fingerprint density at radius 2 is 2.13 bits per heavy atom. The molecule has 1 fully saturated rings. The summed E-state index contributed by atoms with van der Waals surface area (Å²) in [6.45, 7) is 4.12. The fourth-order valence-electron chi connectivity index (χ4n) is 3.15. The average molecular weight is 313 g/mol. The zero-order valence-electron chi connectivity index (χ0n) is 13.2. The summed E-state index contributed by atoms with van der Waals surface area (Å²) >= 11 is 0. The topological polar surface area (TPSA) is 73.2 Å². The summed E-state index contributed by atoms with van der Waals surface area (Å²) in [5, 5.41) is 7.82. The Bertz CT molecular complexity index is 765. The van der Waals surface area contributed by atoms with Gasteiger partial charge in [-0.05, 0) is 25.5 Å². The third-order valence-electron chi connectivity index (χ3n) is 4.31. The van der Waals surface area contributed by atoms with E-state index in [1.807, 2.05) is 37.3 Å². The molecular formula is C17H19N3O3. The van der Waals surface area contributed by atoms with E-state index in [2.05, 4.69) is 22.1 Å². The first kappa shape index (κ1) is 14.4. The Hall–Kier alpha value is -2.18. The number of aromatic amines is 1. The average Bonchev–Trinajstić information content (AvgIpc) is 3.26. The minimum absolute atomic E-state index is 0.0175. The van der Waals surface area contributed by atoms with E-state index in [4.69, 9.17) is 13.9 Å². The van der Waals surface area contributed by atoms with Crippen LogP contribution >= 0.6 is 0 Å². The Kier molecular flexibility index (Phi) is 3.43. The monoisotopic (exact) mass is 313 g/mol. The van der Waals surface area contributed by atoms with E-state index in [1.165, 1.54) is 6.33 Å². The number of nitrogens with one attached hydrogen (secondary N) is 1. The number of hydrogen-bond acceptors (Lipinski definition) is 5. The number of nitrogens with zero attached hydrogens (tertiary/aromatic N) is 2. The quantitative estimate of drug-likeness (QED) is 0.801. The molecule has 3 heterocycles. The molecule has 3 atom stereocenters. The maximum atomic E-state index is 6.30. The first-order valence-electron chi connectivity index (χ1n) is 7.89. The second-order valence-electron chi connectivity index (χ2n) is 5.90. The van der Waals surface area contributed by atoms with Crippen LogP contribution in [-0.4, -0.2) is 27.4 Å². The van der Waals surface area contributed by atoms with Gasteiger partial charge in [-0.2, -0.15) is 5.10 Å². The smallest absolute Gasteiger partial charge is 0.236 e. The molecule has 0 bridgehead atoms. The van der Waals surface area contributed by atoms with Crippen molar-refractivity contribution in [2.75, 3.05) is 0 Å². The minimum Gasteiger partial charge on any atom is -0.455 e. The molecule has 0 saturated carbocycles. The van der Waals surface area contributed by atoms with Crippen LogP contribution in [0.1, 0.15) is 31.9 Å². The molecular weight excluding hydrogens is 294 g/mol. The Morgan fingerprint density at radius 3 is 2.83 bits per heavy atom. The van der Waals surface area contributed by atoms with Gasteiger partial charge in [-0.3, -0.25) is 5.10 Å². The van der Waals surface area contributed by atoms with Crippen LogP contribution in [0.25, 0.3) is 11.0 Å². The summed E-state index contributed by atoms with van der Waals surface area (Å²) in [5.74, 6) is 0.394. The number of para-hydroxylation sites is 1. The van der Waals surface area contributed by atoms with E-state index in [0.29, 0.717) is 18.0 Å². The van der Waals surface area contributed by atoms with Gasteiger partial charge in [0.15, 0.2) is 5.76 Å². The molecule has 6 nitrogen and oxygen atoms in total. The highest BCUT2D eigenvalue weighted by Gasteiger charge is 2.49. The molecule has 3 unspecified atom stereocenters. The van der Waals surface area contributed by atoms with Crippen molar-refractivity contribution in [1.82, 2.24) is 15.2 Å². The number of furan rings is 1. The molecule has 23 heavy (non-hydrogen) atoms. The summed E-state index contributed by atoms with van der Waals surface area (Å²) in [7, 11) is 0. The van der Waals surface area contributed by atoms with Crippen LogP contribution in [0.15, 0.2) is 41.1 Å². The van der Waals surface area contributed by atoms with Crippen molar-refractivity contribution in [3.63, 3.8) is 0 Å². The molecule has 1 aliphatic heterocycles. The molecule has 1 saturated heterocycles. The van der Waals surface area contributed by atoms with E-state index in [0.717, 1.165) is 17.4 Å². The molecule has 0 spiro atoms. The van der Waals surface area contributed by atoms with Gasteiger partial charge in [0.1, 0.15) is 17.7 Å². The molecule has 1 aliphatic rings. The lowest BCUT2D eigenvalue weighted by Crippen LogP contribution is -2.31. The lowest BCUT2D eigenvalue weighted by Gasteiger charge is -2.24. The number of ether oxygens (including phenoxy) is 2. The molecule has 1 aromatic carbocycles. The van der Waals surface area contributed by atoms with E-state index in [1.54, 1.807) is 0 Å². The van der Waals surface area contributed by atoms with E-state index in [-0.39, 0.29) is 12.2 Å². The van der Waals surface area contributed by atoms with Crippen LogP contribution in [0.5, 0.6) is 0 Å². The van der Waals surface area contributed by atoms with E-state index < -0.39 is 5.79 Å². The zero-order valence-corrected chi connectivity index (χ0v) is 13.2. The summed E-state index contributed by atoms with van der Waals surface area (Å²) in [4.78, 5) is 4.21. The van der Waals surface area contributed by atoms with E-state index >= 15 is 0 Å². The van der Waals surface area contributed by atoms with E-state index in [9.17, 15) is 0 Å². The highest BCUT2D eigenvalue weighted by molar-refractivity contribution is 5.77. The zero-order chi connectivity index (χ0) is 15.9. The summed E-state index contributed by atoms with van der Waals surface area (Å²) in [5.41, 5.74) is 0.819. The van der Waals surface area contributed by atoms with Crippen molar-refractivity contribution in [1.29, 1.82) is 0 Å². The first-order valence-corrected chi connectivity index (χ1v) is 7.89. The standard InChI is InChI=1S/C17H19N3O3/c1-3-13-11(2)22-17(23-13,9-16-18-10-19-20-16)15-8-12-6-4-5-7-14(12)21-15/h4-8,10-11,13H,3,9H2,1-2H3,(H,18,19,20). The number of rotatable bonds is 4. The van der Waals surface area contributed by atoms with Gasteiger partial charge in [-0.1, -0.05) is 25.1 Å². The maximum absolute atomic E-state index is 6.30. The minimum atomic E-state index is -0.974. The number of fused-ring (bicyclic) bond motifs is 1. The third kappa shape index (κ3) is 2.44.